The van der Waals surface area contributed by atoms with E-state index in [1.54, 1.807) is 7.11 Å². The first-order chi connectivity index (χ1) is 7.33. The molecule has 0 amide bonds. The predicted octanol–water partition coefficient (Wildman–Crippen LogP) is 1.15. The monoisotopic (exact) mass is 206 g/mol. The van der Waals surface area contributed by atoms with Crippen LogP contribution in [0.1, 0.15) is 12.0 Å². The zero-order chi connectivity index (χ0) is 10.7. The average Bonchev–Trinajstić information content (AvgIpc) is 2.78. The van der Waals surface area contributed by atoms with Gasteiger partial charge in [0, 0.05) is 13.0 Å². The lowest BCUT2D eigenvalue weighted by Gasteiger charge is -2.03. The van der Waals surface area contributed by atoms with Gasteiger partial charge in [-0.2, -0.15) is 0 Å². The maximum Gasteiger partial charge on any atom is 0.145 e. The van der Waals surface area contributed by atoms with Gasteiger partial charge >= 0.3 is 0 Å². The van der Waals surface area contributed by atoms with Gasteiger partial charge < -0.3 is 15.3 Å². The second-order valence-corrected chi connectivity index (χ2v) is 3.43. The molecule has 4 nitrogen and oxygen atoms in total. The summed E-state index contributed by atoms with van der Waals surface area (Å²) in [4.78, 5) is 5.16. The van der Waals surface area contributed by atoms with Crippen LogP contribution in [0.3, 0.4) is 0 Å². The molecule has 1 aromatic carbocycles. The first-order valence-corrected chi connectivity index (χ1v) is 4.90. The molecule has 0 spiro atoms. The quantitative estimate of drug-likeness (QED) is 0.807. The first kappa shape index (κ1) is 9.98. The fourth-order valence-electron chi connectivity index (χ4n) is 1.51. The van der Waals surface area contributed by atoms with Crippen molar-refractivity contribution in [2.75, 3.05) is 13.7 Å². The lowest BCUT2D eigenvalue weighted by molar-refractivity contribution is 0.0918. The molecule has 15 heavy (non-hydrogen) atoms. The van der Waals surface area contributed by atoms with Crippen molar-refractivity contribution in [2.24, 2.45) is 10.9 Å². The van der Waals surface area contributed by atoms with Crippen molar-refractivity contribution >= 4 is 5.71 Å². The Balaban J connectivity index is 2.10. The Kier molecular flexibility index (Phi) is 2.87. The van der Waals surface area contributed by atoms with E-state index in [1.807, 2.05) is 24.3 Å². The molecule has 0 bridgehead atoms. The third-order valence-corrected chi connectivity index (χ3v) is 2.42. The van der Waals surface area contributed by atoms with Gasteiger partial charge in [-0.1, -0.05) is 5.16 Å². The number of nitrogens with two attached hydrogens (primary N) is 1. The molecule has 1 aliphatic heterocycles. The third-order valence-electron chi connectivity index (χ3n) is 2.42. The third kappa shape index (κ3) is 2.10. The van der Waals surface area contributed by atoms with E-state index in [9.17, 15) is 0 Å². The number of benzene rings is 1. The highest BCUT2D eigenvalue weighted by atomic mass is 16.6. The van der Waals surface area contributed by atoms with Crippen LogP contribution in [0.25, 0.3) is 0 Å². The first-order valence-electron chi connectivity index (χ1n) is 4.90. The molecule has 0 saturated carbocycles. The Morgan fingerprint density at radius 3 is 2.73 bits per heavy atom. The van der Waals surface area contributed by atoms with Crippen LogP contribution in [0, 0.1) is 0 Å². The van der Waals surface area contributed by atoms with Crippen molar-refractivity contribution < 1.29 is 9.57 Å². The summed E-state index contributed by atoms with van der Waals surface area (Å²) >= 11 is 0. The largest absolute Gasteiger partial charge is 0.497 e. The minimum Gasteiger partial charge on any atom is -0.497 e. The van der Waals surface area contributed by atoms with Crippen LogP contribution in [-0.2, 0) is 4.84 Å². The fraction of sp³-hybridized carbons (Fsp3) is 0.364. The summed E-state index contributed by atoms with van der Waals surface area (Å²) in [5.74, 6) is 0.841. The summed E-state index contributed by atoms with van der Waals surface area (Å²) < 4.78 is 5.08. The molecule has 1 atom stereocenters. The summed E-state index contributed by atoms with van der Waals surface area (Å²) in [6.45, 7) is 0.503. The highest BCUT2D eigenvalue weighted by Gasteiger charge is 2.20. The summed E-state index contributed by atoms with van der Waals surface area (Å²) in [5, 5.41) is 4.01. The van der Waals surface area contributed by atoms with Gasteiger partial charge in [0.1, 0.15) is 11.9 Å². The van der Waals surface area contributed by atoms with Crippen LogP contribution < -0.4 is 10.5 Å². The second kappa shape index (κ2) is 4.31. The zero-order valence-corrected chi connectivity index (χ0v) is 8.64. The molecule has 2 N–H and O–H groups in total. The second-order valence-electron chi connectivity index (χ2n) is 3.43. The van der Waals surface area contributed by atoms with Gasteiger partial charge in [0.15, 0.2) is 0 Å². The maximum absolute atomic E-state index is 5.50. The van der Waals surface area contributed by atoms with E-state index in [4.69, 9.17) is 15.3 Å². The molecule has 1 aromatic rings. The maximum atomic E-state index is 5.50. The highest BCUT2D eigenvalue weighted by molar-refractivity contribution is 6.01. The Morgan fingerprint density at radius 2 is 2.20 bits per heavy atom. The Bertz CT molecular complexity index is 359. The van der Waals surface area contributed by atoms with Crippen LogP contribution in [0.15, 0.2) is 29.4 Å². The fourth-order valence-corrected chi connectivity index (χ4v) is 1.51. The van der Waals surface area contributed by atoms with Crippen molar-refractivity contribution in [1.82, 2.24) is 0 Å². The van der Waals surface area contributed by atoms with Crippen LogP contribution >= 0.6 is 0 Å². The average molecular weight is 206 g/mol. The number of rotatable bonds is 3. The number of ether oxygens (including phenoxy) is 1. The van der Waals surface area contributed by atoms with Crippen molar-refractivity contribution in [1.29, 1.82) is 0 Å². The van der Waals surface area contributed by atoms with Crippen LogP contribution in [0.4, 0.5) is 0 Å². The summed E-state index contributed by atoms with van der Waals surface area (Å²) in [7, 11) is 1.65. The number of nitrogens with zero attached hydrogens (tertiary/aromatic N) is 1. The molecule has 0 radical (unpaired) electrons. The van der Waals surface area contributed by atoms with E-state index in [-0.39, 0.29) is 6.10 Å². The van der Waals surface area contributed by atoms with Crippen molar-refractivity contribution in [2.45, 2.75) is 12.5 Å². The molecule has 4 heteroatoms. The van der Waals surface area contributed by atoms with Crippen molar-refractivity contribution in [3.63, 3.8) is 0 Å². The summed E-state index contributed by atoms with van der Waals surface area (Å²) in [6.07, 6.45) is 0.810. The lowest BCUT2D eigenvalue weighted by Crippen LogP contribution is -2.20. The van der Waals surface area contributed by atoms with E-state index in [0.717, 1.165) is 23.4 Å². The van der Waals surface area contributed by atoms with Crippen LogP contribution in [0.5, 0.6) is 5.75 Å². The molecule has 0 unspecified atom stereocenters. The van der Waals surface area contributed by atoms with Gasteiger partial charge in [0.05, 0.1) is 12.8 Å². The summed E-state index contributed by atoms with van der Waals surface area (Å²) in [5.41, 5.74) is 7.52. The molecule has 80 valence electrons. The Hall–Kier alpha value is -1.55. The molecule has 1 aliphatic rings. The van der Waals surface area contributed by atoms with Gasteiger partial charge in [0.25, 0.3) is 0 Å². The van der Waals surface area contributed by atoms with Gasteiger partial charge in [-0.3, -0.25) is 0 Å². The molecular formula is C11H14N2O2. The molecule has 1 heterocycles. The highest BCUT2D eigenvalue weighted by Crippen LogP contribution is 2.18. The zero-order valence-electron chi connectivity index (χ0n) is 8.64. The van der Waals surface area contributed by atoms with Gasteiger partial charge in [0.2, 0.25) is 0 Å². The molecule has 2 rings (SSSR count). The molecule has 0 aliphatic carbocycles. The number of hydrogen-bond acceptors (Lipinski definition) is 4. The van der Waals surface area contributed by atoms with Crippen molar-refractivity contribution in [3.05, 3.63) is 29.8 Å². The number of hydrogen-bond donors (Lipinski definition) is 1. The molecule has 0 saturated heterocycles. The summed E-state index contributed by atoms with van der Waals surface area (Å²) in [6, 6.07) is 7.76. The van der Waals surface area contributed by atoms with E-state index >= 15 is 0 Å². The Labute approximate surface area is 88.7 Å². The van der Waals surface area contributed by atoms with Gasteiger partial charge in [-0.05, 0) is 29.8 Å². The van der Waals surface area contributed by atoms with E-state index < -0.39 is 0 Å². The molecular weight excluding hydrogens is 192 g/mol. The minimum absolute atomic E-state index is 0.0297. The lowest BCUT2D eigenvalue weighted by atomic mass is 10.1. The van der Waals surface area contributed by atoms with Gasteiger partial charge in [-0.15, -0.1) is 0 Å². The van der Waals surface area contributed by atoms with E-state index in [0.29, 0.717) is 6.54 Å². The molecule has 0 aromatic heterocycles. The number of oxime groups is 1. The minimum atomic E-state index is 0.0297. The smallest absolute Gasteiger partial charge is 0.145 e. The number of methoxy groups -OCH3 is 1. The van der Waals surface area contributed by atoms with Crippen LogP contribution in [0.2, 0.25) is 0 Å². The standard InChI is InChI=1S/C11H14N2O2/c1-14-9-4-2-8(3-5-9)11-6-10(7-12)15-13-11/h2-5,10H,6-7,12H2,1H3/t10-/m1/s1. The molecule has 0 fully saturated rings. The topological polar surface area (TPSA) is 56.8 Å². The SMILES string of the molecule is COc1ccc(C2=NO[C@@H](CN)C2)cc1. The van der Waals surface area contributed by atoms with Crippen LogP contribution in [-0.4, -0.2) is 25.5 Å². The normalized spacial score (nSPS) is 19.6. The van der Waals surface area contributed by atoms with E-state index in [1.165, 1.54) is 0 Å². The van der Waals surface area contributed by atoms with Crippen molar-refractivity contribution in [3.8, 4) is 5.75 Å². The predicted molar refractivity (Wildman–Crippen MR) is 58.1 cm³/mol. The van der Waals surface area contributed by atoms with Gasteiger partial charge in [-0.25, -0.2) is 0 Å². The Morgan fingerprint density at radius 1 is 1.47 bits per heavy atom. The van der Waals surface area contributed by atoms with E-state index in [2.05, 4.69) is 5.16 Å².